The molecule has 0 N–H and O–H groups in total. The summed E-state index contributed by atoms with van der Waals surface area (Å²) < 4.78 is 32.3. The Hall–Kier alpha value is -1.76. The molecule has 3 rings (SSSR count). The van der Waals surface area contributed by atoms with Gasteiger partial charge in [0.15, 0.2) is 0 Å². The van der Waals surface area contributed by atoms with Crippen molar-refractivity contribution in [2.24, 2.45) is 5.92 Å². The van der Waals surface area contributed by atoms with Gasteiger partial charge in [0, 0.05) is 50.4 Å². The first-order chi connectivity index (χ1) is 11.4. The normalized spacial score (nSPS) is 20.7. The molecular formula is C17H22F2N2O3. The van der Waals surface area contributed by atoms with Crippen LogP contribution >= 0.6 is 0 Å². The van der Waals surface area contributed by atoms with Gasteiger partial charge in [-0.05, 0) is 30.4 Å². The van der Waals surface area contributed by atoms with Crippen molar-refractivity contribution < 1.29 is 18.4 Å². The molecule has 0 aromatic heterocycles. The van der Waals surface area contributed by atoms with Crippen LogP contribution in [0, 0.1) is 16.0 Å². The maximum absolute atomic E-state index is 13.3. The lowest BCUT2D eigenvalue weighted by Gasteiger charge is -2.33. The molecule has 1 aliphatic heterocycles. The van der Waals surface area contributed by atoms with Crippen molar-refractivity contribution in [1.82, 2.24) is 0 Å². The average molecular weight is 340 g/mol. The lowest BCUT2D eigenvalue weighted by atomic mass is 9.86. The smallest absolute Gasteiger partial charge is 0.271 e. The Morgan fingerprint density at radius 2 is 1.96 bits per heavy atom. The fourth-order valence-corrected chi connectivity index (χ4v) is 3.12. The molecule has 0 amide bonds. The van der Waals surface area contributed by atoms with Crippen LogP contribution in [0.1, 0.15) is 37.7 Å². The number of nitrogens with zero attached hydrogens (tertiary/aromatic N) is 2. The molecule has 132 valence electrons. The summed E-state index contributed by atoms with van der Waals surface area (Å²) in [6.07, 6.45) is 3.17. The highest BCUT2D eigenvalue weighted by atomic mass is 19.3. The lowest BCUT2D eigenvalue weighted by Crippen LogP contribution is -2.39. The molecule has 5 nitrogen and oxygen atoms in total. The van der Waals surface area contributed by atoms with E-state index in [1.54, 1.807) is 4.90 Å². The van der Waals surface area contributed by atoms with E-state index in [2.05, 4.69) is 0 Å². The van der Waals surface area contributed by atoms with Gasteiger partial charge >= 0.3 is 0 Å². The van der Waals surface area contributed by atoms with Gasteiger partial charge in [-0.1, -0.05) is 6.42 Å². The van der Waals surface area contributed by atoms with Crippen LogP contribution in [-0.4, -0.2) is 30.5 Å². The number of nitro groups is 1. The Morgan fingerprint density at radius 1 is 1.25 bits per heavy atom. The van der Waals surface area contributed by atoms with Gasteiger partial charge < -0.3 is 9.64 Å². The summed E-state index contributed by atoms with van der Waals surface area (Å²) >= 11 is 0. The summed E-state index contributed by atoms with van der Waals surface area (Å²) in [6.45, 7) is 1.40. The number of benzene rings is 1. The predicted molar refractivity (Wildman–Crippen MR) is 86.5 cm³/mol. The van der Waals surface area contributed by atoms with Crippen LogP contribution < -0.4 is 4.90 Å². The molecule has 1 aliphatic carbocycles. The minimum absolute atomic E-state index is 0.0212. The first-order valence-electron chi connectivity index (χ1n) is 8.42. The molecule has 1 saturated carbocycles. The Balaban J connectivity index is 1.69. The Bertz CT molecular complexity index is 595. The van der Waals surface area contributed by atoms with E-state index in [1.165, 1.54) is 31.4 Å². The second kappa shape index (κ2) is 7.01. The molecule has 0 radical (unpaired) electrons. The Labute approximate surface area is 139 Å². The lowest BCUT2D eigenvalue weighted by molar-refractivity contribution is -0.384. The zero-order chi connectivity index (χ0) is 17.2. The van der Waals surface area contributed by atoms with Gasteiger partial charge in [-0.3, -0.25) is 10.1 Å². The molecule has 0 bridgehead atoms. The summed E-state index contributed by atoms with van der Waals surface area (Å²) in [7, 11) is 0. The van der Waals surface area contributed by atoms with Gasteiger partial charge in [-0.15, -0.1) is 0 Å². The highest BCUT2D eigenvalue weighted by molar-refractivity contribution is 5.56. The fourth-order valence-electron chi connectivity index (χ4n) is 3.12. The molecule has 0 atom stereocenters. The van der Waals surface area contributed by atoms with Crippen LogP contribution in [0.15, 0.2) is 18.2 Å². The summed E-state index contributed by atoms with van der Waals surface area (Å²) in [5.74, 6) is -2.03. The van der Waals surface area contributed by atoms with Crippen LogP contribution in [0.5, 0.6) is 0 Å². The topological polar surface area (TPSA) is 55.6 Å². The van der Waals surface area contributed by atoms with Crippen molar-refractivity contribution in [3.8, 4) is 0 Å². The minimum atomic E-state index is -2.63. The van der Waals surface area contributed by atoms with Crippen molar-refractivity contribution in [2.45, 2.75) is 44.6 Å². The third-order valence-electron chi connectivity index (χ3n) is 4.88. The van der Waals surface area contributed by atoms with E-state index in [0.717, 1.165) is 5.56 Å². The number of anilines is 1. The number of hydrogen-bond acceptors (Lipinski definition) is 4. The number of rotatable bonds is 6. The first-order valence-corrected chi connectivity index (χ1v) is 8.42. The van der Waals surface area contributed by atoms with Gasteiger partial charge in [0.25, 0.3) is 11.6 Å². The van der Waals surface area contributed by atoms with Gasteiger partial charge in [-0.2, -0.15) is 0 Å². The molecule has 7 heteroatoms. The van der Waals surface area contributed by atoms with Crippen molar-refractivity contribution >= 4 is 11.4 Å². The monoisotopic (exact) mass is 340 g/mol. The molecule has 0 spiro atoms. The highest BCUT2D eigenvalue weighted by Crippen LogP contribution is 2.33. The molecule has 24 heavy (non-hydrogen) atoms. The summed E-state index contributed by atoms with van der Waals surface area (Å²) in [5.41, 5.74) is 1.32. The summed E-state index contributed by atoms with van der Waals surface area (Å²) in [5, 5.41) is 11.2. The van der Waals surface area contributed by atoms with Crippen molar-refractivity contribution in [3.63, 3.8) is 0 Å². The van der Waals surface area contributed by atoms with Crippen LogP contribution in [0.4, 0.5) is 20.2 Å². The number of piperidine rings is 1. The SMILES string of the molecule is O=[N+]([O-])c1cc(COCC2CCC2)cc(N2CCC(F)(F)CC2)c1. The average Bonchev–Trinajstić information content (AvgIpc) is 2.49. The molecule has 1 aromatic carbocycles. The van der Waals surface area contributed by atoms with Crippen LogP contribution in [-0.2, 0) is 11.3 Å². The predicted octanol–water partition coefficient (Wildman–Crippen LogP) is 4.15. The molecule has 1 saturated heterocycles. The summed E-state index contributed by atoms with van der Waals surface area (Å²) in [6, 6.07) is 4.78. The maximum atomic E-state index is 13.3. The van der Waals surface area contributed by atoms with Crippen LogP contribution in [0.3, 0.4) is 0 Å². The first kappa shape index (κ1) is 17.1. The molecular weight excluding hydrogens is 318 g/mol. The third-order valence-corrected chi connectivity index (χ3v) is 4.88. The zero-order valence-electron chi connectivity index (χ0n) is 13.5. The van der Waals surface area contributed by atoms with E-state index in [9.17, 15) is 18.9 Å². The Kier molecular flexibility index (Phi) is 4.99. The fraction of sp³-hybridized carbons (Fsp3) is 0.647. The summed E-state index contributed by atoms with van der Waals surface area (Å²) in [4.78, 5) is 12.5. The number of alkyl halides is 2. The zero-order valence-corrected chi connectivity index (χ0v) is 13.5. The standard InChI is InChI=1S/C17H22F2N2O3/c18-17(19)4-6-20(7-5-17)15-8-14(9-16(10-15)21(22)23)12-24-11-13-2-1-3-13/h8-10,13H,1-7,11-12H2. The van der Waals surface area contributed by atoms with Gasteiger partial charge in [0.2, 0.25) is 0 Å². The molecule has 2 fully saturated rings. The number of nitro benzene ring substituents is 1. The van der Waals surface area contributed by atoms with E-state index < -0.39 is 10.8 Å². The molecule has 1 heterocycles. The maximum Gasteiger partial charge on any atom is 0.271 e. The largest absolute Gasteiger partial charge is 0.376 e. The molecule has 1 aromatic rings. The second-order valence-corrected chi connectivity index (χ2v) is 6.77. The third kappa shape index (κ3) is 4.20. The van der Waals surface area contributed by atoms with E-state index in [0.29, 0.717) is 24.8 Å². The van der Waals surface area contributed by atoms with Crippen LogP contribution in [0.2, 0.25) is 0 Å². The minimum Gasteiger partial charge on any atom is -0.376 e. The number of ether oxygens (including phenoxy) is 1. The molecule has 2 aliphatic rings. The highest BCUT2D eigenvalue weighted by Gasteiger charge is 2.34. The van der Waals surface area contributed by atoms with Gasteiger partial charge in [0.1, 0.15) is 0 Å². The van der Waals surface area contributed by atoms with E-state index >= 15 is 0 Å². The van der Waals surface area contributed by atoms with Crippen molar-refractivity contribution in [3.05, 3.63) is 33.9 Å². The van der Waals surface area contributed by atoms with Gasteiger partial charge in [0.05, 0.1) is 11.5 Å². The van der Waals surface area contributed by atoms with Crippen molar-refractivity contribution in [2.75, 3.05) is 24.6 Å². The second-order valence-electron chi connectivity index (χ2n) is 6.77. The van der Waals surface area contributed by atoms with E-state index in [1.807, 2.05) is 6.07 Å². The van der Waals surface area contributed by atoms with Crippen LogP contribution in [0.25, 0.3) is 0 Å². The number of hydrogen-bond donors (Lipinski definition) is 0. The molecule has 0 unspecified atom stereocenters. The number of non-ortho nitro benzene ring substituents is 1. The quantitative estimate of drug-likeness (QED) is 0.577. The van der Waals surface area contributed by atoms with E-state index in [-0.39, 0.29) is 31.6 Å². The number of halogens is 2. The Morgan fingerprint density at radius 3 is 2.54 bits per heavy atom. The van der Waals surface area contributed by atoms with Gasteiger partial charge in [-0.25, -0.2) is 8.78 Å². The van der Waals surface area contributed by atoms with E-state index in [4.69, 9.17) is 4.74 Å². The van der Waals surface area contributed by atoms with Crippen molar-refractivity contribution in [1.29, 1.82) is 0 Å².